The lowest BCUT2D eigenvalue weighted by Crippen LogP contribution is -2.18. The third kappa shape index (κ3) is 2.36. The first-order valence-electron chi connectivity index (χ1n) is 6.15. The van der Waals surface area contributed by atoms with Gasteiger partial charge in [0.25, 0.3) is 0 Å². The Labute approximate surface area is 106 Å². The summed E-state index contributed by atoms with van der Waals surface area (Å²) >= 11 is 0. The van der Waals surface area contributed by atoms with E-state index in [4.69, 9.17) is 4.74 Å². The molecular weight excluding hydrogens is 228 g/mol. The molecule has 2 heterocycles. The molecule has 0 saturated carbocycles. The number of aromatic nitrogens is 3. The van der Waals surface area contributed by atoms with Gasteiger partial charge in [-0.15, -0.1) is 0 Å². The van der Waals surface area contributed by atoms with E-state index in [9.17, 15) is 0 Å². The number of nitrogens with one attached hydrogen (secondary N) is 2. The van der Waals surface area contributed by atoms with Gasteiger partial charge in [-0.25, -0.2) is 4.98 Å². The quantitative estimate of drug-likeness (QED) is 0.866. The van der Waals surface area contributed by atoms with Crippen molar-refractivity contribution < 1.29 is 4.74 Å². The summed E-state index contributed by atoms with van der Waals surface area (Å²) in [5, 5.41) is 10.5. The normalized spacial score (nSPS) is 19.1. The molecule has 0 spiro atoms. The maximum atomic E-state index is 5.36. The molecule has 1 aromatic carbocycles. The summed E-state index contributed by atoms with van der Waals surface area (Å²) in [5.41, 5.74) is 2.11. The van der Waals surface area contributed by atoms with Gasteiger partial charge in [-0.1, -0.05) is 12.1 Å². The van der Waals surface area contributed by atoms with Crippen LogP contribution >= 0.6 is 0 Å². The van der Waals surface area contributed by atoms with E-state index in [1.807, 2.05) is 19.1 Å². The van der Waals surface area contributed by atoms with Crippen LogP contribution in [0.5, 0.6) is 0 Å². The molecule has 1 fully saturated rings. The van der Waals surface area contributed by atoms with Gasteiger partial charge in [0.1, 0.15) is 5.82 Å². The van der Waals surface area contributed by atoms with Crippen molar-refractivity contribution >= 4 is 5.69 Å². The molecule has 2 aromatic rings. The number of aromatic amines is 1. The fraction of sp³-hybridized carbons (Fsp3) is 0.385. The highest BCUT2D eigenvalue weighted by atomic mass is 16.5. The van der Waals surface area contributed by atoms with Gasteiger partial charge in [-0.2, -0.15) is 5.10 Å². The Morgan fingerprint density at radius 3 is 3.11 bits per heavy atom. The van der Waals surface area contributed by atoms with E-state index in [1.165, 1.54) is 0 Å². The second-order valence-electron chi connectivity index (χ2n) is 4.53. The molecule has 3 rings (SSSR count). The Balaban J connectivity index is 1.80. The number of H-pyrrole nitrogens is 1. The van der Waals surface area contributed by atoms with Crippen molar-refractivity contribution in [1.82, 2.24) is 15.2 Å². The summed E-state index contributed by atoms with van der Waals surface area (Å²) in [5.74, 6) is 1.56. The van der Waals surface area contributed by atoms with E-state index >= 15 is 0 Å². The monoisotopic (exact) mass is 244 g/mol. The van der Waals surface area contributed by atoms with Crippen molar-refractivity contribution in [2.75, 3.05) is 18.5 Å². The Morgan fingerprint density at radius 2 is 2.39 bits per heavy atom. The van der Waals surface area contributed by atoms with Crippen LogP contribution in [0.3, 0.4) is 0 Å². The van der Waals surface area contributed by atoms with Crippen LogP contribution in [0.25, 0.3) is 11.4 Å². The van der Waals surface area contributed by atoms with Crippen molar-refractivity contribution in [2.24, 2.45) is 0 Å². The van der Waals surface area contributed by atoms with Crippen LogP contribution in [0.2, 0.25) is 0 Å². The van der Waals surface area contributed by atoms with Crippen LogP contribution in [-0.4, -0.2) is 34.4 Å². The fourth-order valence-electron chi connectivity index (χ4n) is 2.10. The molecule has 0 amide bonds. The topological polar surface area (TPSA) is 62.8 Å². The van der Waals surface area contributed by atoms with E-state index < -0.39 is 0 Å². The lowest BCUT2D eigenvalue weighted by Gasteiger charge is -2.12. The van der Waals surface area contributed by atoms with Crippen molar-refractivity contribution in [3.63, 3.8) is 0 Å². The molecule has 1 aliphatic heterocycles. The number of hydrogen-bond acceptors (Lipinski definition) is 4. The maximum Gasteiger partial charge on any atom is 0.181 e. The SMILES string of the molecule is Cc1nc(-c2cccc(NC3CCOC3)c2)n[nH]1. The molecule has 5 nitrogen and oxygen atoms in total. The molecule has 1 atom stereocenters. The van der Waals surface area contributed by atoms with Crippen LogP contribution < -0.4 is 5.32 Å². The number of benzene rings is 1. The molecule has 1 aliphatic rings. The van der Waals surface area contributed by atoms with Gasteiger partial charge in [0.05, 0.1) is 12.6 Å². The first-order valence-corrected chi connectivity index (χ1v) is 6.15. The molecule has 5 heteroatoms. The number of hydrogen-bond donors (Lipinski definition) is 2. The van der Waals surface area contributed by atoms with E-state index in [2.05, 4.69) is 32.6 Å². The first kappa shape index (κ1) is 11.2. The summed E-state index contributed by atoms with van der Waals surface area (Å²) in [6.07, 6.45) is 1.06. The second kappa shape index (κ2) is 4.78. The van der Waals surface area contributed by atoms with E-state index in [0.717, 1.165) is 42.5 Å². The van der Waals surface area contributed by atoms with Gasteiger partial charge in [-0.05, 0) is 25.5 Å². The Morgan fingerprint density at radius 1 is 1.44 bits per heavy atom. The van der Waals surface area contributed by atoms with Gasteiger partial charge in [-0.3, -0.25) is 5.10 Å². The highest BCUT2D eigenvalue weighted by Gasteiger charge is 2.15. The second-order valence-corrected chi connectivity index (χ2v) is 4.53. The minimum atomic E-state index is 0.411. The van der Waals surface area contributed by atoms with Gasteiger partial charge in [0.15, 0.2) is 5.82 Å². The molecule has 0 radical (unpaired) electrons. The maximum absolute atomic E-state index is 5.36. The zero-order chi connectivity index (χ0) is 12.4. The molecule has 2 N–H and O–H groups in total. The van der Waals surface area contributed by atoms with Gasteiger partial charge < -0.3 is 10.1 Å². The van der Waals surface area contributed by atoms with Crippen LogP contribution in [0, 0.1) is 6.92 Å². The van der Waals surface area contributed by atoms with Crippen LogP contribution in [0.4, 0.5) is 5.69 Å². The Kier molecular flexibility index (Phi) is 2.98. The smallest absolute Gasteiger partial charge is 0.181 e. The van der Waals surface area contributed by atoms with Crippen molar-refractivity contribution in [2.45, 2.75) is 19.4 Å². The molecule has 94 valence electrons. The summed E-state index contributed by atoms with van der Waals surface area (Å²) in [6.45, 7) is 3.52. The number of nitrogens with zero attached hydrogens (tertiary/aromatic N) is 2. The molecular formula is C13H16N4O. The lowest BCUT2D eigenvalue weighted by atomic mass is 10.1. The van der Waals surface area contributed by atoms with Gasteiger partial charge in [0, 0.05) is 17.9 Å². The van der Waals surface area contributed by atoms with Crippen molar-refractivity contribution in [3.05, 3.63) is 30.1 Å². The summed E-state index contributed by atoms with van der Waals surface area (Å²) < 4.78 is 5.36. The Bertz CT molecular complexity index is 531. The van der Waals surface area contributed by atoms with E-state index in [1.54, 1.807) is 0 Å². The largest absolute Gasteiger partial charge is 0.380 e. The van der Waals surface area contributed by atoms with Crippen LogP contribution in [0.1, 0.15) is 12.2 Å². The summed E-state index contributed by atoms with van der Waals surface area (Å²) in [7, 11) is 0. The van der Waals surface area contributed by atoms with Gasteiger partial charge >= 0.3 is 0 Å². The summed E-state index contributed by atoms with van der Waals surface area (Å²) in [6, 6.07) is 8.56. The zero-order valence-corrected chi connectivity index (χ0v) is 10.3. The molecule has 0 aliphatic carbocycles. The molecule has 1 unspecified atom stereocenters. The Hall–Kier alpha value is -1.88. The predicted molar refractivity (Wildman–Crippen MR) is 69.4 cm³/mol. The minimum Gasteiger partial charge on any atom is -0.380 e. The molecule has 18 heavy (non-hydrogen) atoms. The van der Waals surface area contributed by atoms with E-state index in [-0.39, 0.29) is 0 Å². The summed E-state index contributed by atoms with van der Waals surface area (Å²) in [4.78, 5) is 4.33. The van der Waals surface area contributed by atoms with Crippen LogP contribution in [0.15, 0.2) is 24.3 Å². The lowest BCUT2D eigenvalue weighted by molar-refractivity contribution is 0.195. The molecule has 1 saturated heterocycles. The highest BCUT2D eigenvalue weighted by molar-refractivity contribution is 5.62. The first-order chi connectivity index (χ1) is 8.81. The number of aryl methyl sites for hydroxylation is 1. The van der Waals surface area contributed by atoms with Crippen molar-refractivity contribution in [1.29, 1.82) is 0 Å². The average Bonchev–Trinajstić information content (AvgIpc) is 3.01. The zero-order valence-electron chi connectivity index (χ0n) is 10.3. The third-order valence-corrected chi connectivity index (χ3v) is 3.02. The third-order valence-electron chi connectivity index (χ3n) is 3.02. The number of ether oxygens (including phenoxy) is 1. The minimum absolute atomic E-state index is 0.411. The average molecular weight is 244 g/mol. The van der Waals surface area contributed by atoms with Gasteiger partial charge in [0.2, 0.25) is 0 Å². The predicted octanol–water partition coefficient (Wildman–Crippen LogP) is 1.98. The standard InChI is InChI=1S/C13H16N4O/c1-9-14-13(17-16-9)10-3-2-4-11(7-10)15-12-5-6-18-8-12/h2-4,7,12,15H,5-6,8H2,1H3,(H,14,16,17). The number of rotatable bonds is 3. The molecule has 1 aromatic heterocycles. The number of anilines is 1. The van der Waals surface area contributed by atoms with Crippen LogP contribution in [-0.2, 0) is 4.74 Å². The van der Waals surface area contributed by atoms with Crippen molar-refractivity contribution in [3.8, 4) is 11.4 Å². The molecule has 0 bridgehead atoms. The van der Waals surface area contributed by atoms with E-state index in [0.29, 0.717) is 6.04 Å². The fourth-order valence-corrected chi connectivity index (χ4v) is 2.10. The highest BCUT2D eigenvalue weighted by Crippen LogP contribution is 2.21.